The number of aliphatic hydroxyl groups is 1. The minimum atomic E-state index is -0.315. The molecule has 0 fully saturated rings. The fourth-order valence-electron chi connectivity index (χ4n) is 1.64. The van der Waals surface area contributed by atoms with Gasteiger partial charge in [0.2, 0.25) is 0 Å². The van der Waals surface area contributed by atoms with Gasteiger partial charge in [0.05, 0.1) is 11.6 Å². The van der Waals surface area contributed by atoms with Gasteiger partial charge >= 0.3 is 0 Å². The smallest absolute Gasteiger partial charge is 0.135 e. The molecule has 1 unspecified atom stereocenters. The third-order valence-corrected chi connectivity index (χ3v) is 3.10. The summed E-state index contributed by atoms with van der Waals surface area (Å²) in [5.74, 6) is 1.38. The highest BCUT2D eigenvalue weighted by atomic mass is 35.5. The zero-order chi connectivity index (χ0) is 13.1. The first-order chi connectivity index (χ1) is 8.60. The Morgan fingerprint density at radius 2 is 2.00 bits per heavy atom. The number of benzene rings is 1. The van der Waals surface area contributed by atoms with Crippen LogP contribution in [0.2, 0.25) is 10.0 Å². The Bertz CT molecular complexity index is 540. The van der Waals surface area contributed by atoms with Crippen LogP contribution in [-0.4, -0.2) is 17.8 Å². The summed E-state index contributed by atoms with van der Waals surface area (Å²) in [6, 6.07) is 8.57. The van der Waals surface area contributed by atoms with Crippen molar-refractivity contribution >= 4 is 23.2 Å². The Kier molecular flexibility index (Phi) is 4.30. The zero-order valence-electron chi connectivity index (χ0n) is 9.57. The predicted octanol–water partition coefficient (Wildman–Crippen LogP) is 3.12. The maximum Gasteiger partial charge on any atom is 0.135 e. The van der Waals surface area contributed by atoms with E-state index in [-0.39, 0.29) is 12.6 Å². The fourth-order valence-corrected chi connectivity index (χ4v) is 2.15. The lowest BCUT2D eigenvalue weighted by Gasteiger charge is -2.05. The van der Waals surface area contributed by atoms with Gasteiger partial charge in [0.1, 0.15) is 11.5 Å². The molecule has 2 rings (SSSR count). The van der Waals surface area contributed by atoms with Gasteiger partial charge in [-0.3, -0.25) is 0 Å². The third-order valence-electron chi connectivity index (χ3n) is 2.56. The number of halogens is 2. The van der Waals surface area contributed by atoms with Crippen molar-refractivity contribution in [3.63, 3.8) is 0 Å². The van der Waals surface area contributed by atoms with E-state index in [0.717, 1.165) is 11.3 Å². The van der Waals surface area contributed by atoms with Crippen LogP contribution < -0.4 is 5.73 Å². The average Bonchev–Trinajstić information content (AvgIpc) is 2.77. The number of rotatable bonds is 4. The van der Waals surface area contributed by atoms with Crippen molar-refractivity contribution < 1.29 is 9.52 Å². The molecule has 96 valence electrons. The van der Waals surface area contributed by atoms with Crippen molar-refractivity contribution in [1.29, 1.82) is 0 Å². The first-order valence-electron chi connectivity index (χ1n) is 5.50. The summed E-state index contributed by atoms with van der Waals surface area (Å²) < 4.78 is 5.64. The average molecular weight is 286 g/mol. The number of aliphatic hydroxyl groups excluding tert-OH is 1. The number of furan rings is 1. The Hall–Kier alpha value is -1.00. The SMILES string of the molecule is NC(CO)Cc1ccc(-c2ccc(Cl)cc2Cl)o1. The van der Waals surface area contributed by atoms with Gasteiger partial charge in [-0.1, -0.05) is 23.2 Å². The molecule has 0 aliphatic carbocycles. The molecule has 18 heavy (non-hydrogen) atoms. The van der Waals surface area contributed by atoms with Gasteiger partial charge in [0.15, 0.2) is 0 Å². The lowest BCUT2D eigenvalue weighted by Crippen LogP contribution is -2.26. The third kappa shape index (κ3) is 3.06. The quantitative estimate of drug-likeness (QED) is 0.907. The minimum Gasteiger partial charge on any atom is -0.461 e. The molecular formula is C13H13Cl2NO2. The molecule has 0 amide bonds. The van der Waals surface area contributed by atoms with Crippen molar-refractivity contribution in [1.82, 2.24) is 0 Å². The molecule has 1 aromatic heterocycles. The lowest BCUT2D eigenvalue weighted by molar-refractivity contribution is 0.260. The fraction of sp³-hybridized carbons (Fsp3) is 0.231. The van der Waals surface area contributed by atoms with E-state index < -0.39 is 0 Å². The molecule has 0 saturated heterocycles. The van der Waals surface area contributed by atoms with E-state index in [0.29, 0.717) is 22.2 Å². The lowest BCUT2D eigenvalue weighted by atomic mass is 10.2. The van der Waals surface area contributed by atoms with Crippen molar-refractivity contribution in [2.75, 3.05) is 6.61 Å². The van der Waals surface area contributed by atoms with Crippen LogP contribution in [0.4, 0.5) is 0 Å². The van der Waals surface area contributed by atoms with Gasteiger partial charge < -0.3 is 15.3 Å². The summed E-state index contributed by atoms with van der Waals surface area (Å²) in [6.07, 6.45) is 0.488. The van der Waals surface area contributed by atoms with Gasteiger partial charge in [0, 0.05) is 23.0 Å². The number of nitrogens with two attached hydrogens (primary N) is 1. The van der Waals surface area contributed by atoms with E-state index >= 15 is 0 Å². The van der Waals surface area contributed by atoms with Crippen LogP contribution in [0.1, 0.15) is 5.76 Å². The number of hydrogen-bond acceptors (Lipinski definition) is 3. The second-order valence-corrected chi connectivity index (χ2v) is 4.88. The highest BCUT2D eigenvalue weighted by Crippen LogP contribution is 2.31. The monoisotopic (exact) mass is 285 g/mol. The van der Waals surface area contributed by atoms with Crippen molar-refractivity contribution in [3.8, 4) is 11.3 Å². The molecule has 0 aliphatic rings. The van der Waals surface area contributed by atoms with Gasteiger partial charge in [0.25, 0.3) is 0 Å². The predicted molar refractivity (Wildman–Crippen MR) is 72.9 cm³/mol. The first-order valence-corrected chi connectivity index (χ1v) is 6.26. The summed E-state index contributed by atoms with van der Waals surface area (Å²) in [4.78, 5) is 0. The summed E-state index contributed by atoms with van der Waals surface area (Å²) >= 11 is 11.9. The van der Waals surface area contributed by atoms with Crippen LogP contribution in [0.3, 0.4) is 0 Å². The molecule has 3 nitrogen and oxygen atoms in total. The zero-order valence-corrected chi connectivity index (χ0v) is 11.1. The number of hydrogen-bond donors (Lipinski definition) is 2. The van der Waals surface area contributed by atoms with Gasteiger partial charge in [-0.2, -0.15) is 0 Å². The first kappa shape index (κ1) is 13.4. The van der Waals surface area contributed by atoms with E-state index in [4.69, 9.17) is 38.5 Å². The second-order valence-electron chi connectivity index (χ2n) is 4.04. The molecule has 3 N–H and O–H groups in total. The highest BCUT2D eigenvalue weighted by molar-refractivity contribution is 6.36. The van der Waals surface area contributed by atoms with E-state index in [9.17, 15) is 0 Å². The molecular weight excluding hydrogens is 273 g/mol. The molecule has 1 atom stereocenters. The molecule has 0 aliphatic heterocycles. The minimum absolute atomic E-state index is 0.0717. The van der Waals surface area contributed by atoms with E-state index in [1.165, 1.54) is 0 Å². The van der Waals surface area contributed by atoms with E-state index in [1.807, 2.05) is 12.1 Å². The summed E-state index contributed by atoms with van der Waals surface area (Å²) in [5, 5.41) is 10.0. The molecule has 0 saturated carbocycles. The van der Waals surface area contributed by atoms with Gasteiger partial charge in [-0.05, 0) is 30.3 Å². The molecule has 0 radical (unpaired) electrons. The maximum absolute atomic E-state index is 8.89. The van der Waals surface area contributed by atoms with Gasteiger partial charge in [-0.15, -0.1) is 0 Å². The van der Waals surface area contributed by atoms with Crippen LogP contribution >= 0.6 is 23.2 Å². The topological polar surface area (TPSA) is 59.4 Å². The van der Waals surface area contributed by atoms with Crippen LogP contribution in [0.25, 0.3) is 11.3 Å². The van der Waals surface area contributed by atoms with Gasteiger partial charge in [-0.25, -0.2) is 0 Å². The Morgan fingerprint density at radius 3 is 2.67 bits per heavy atom. The Labute approximate surface area is 115 Å². The summed E-state index contributed by atoms with van der Waals surface area (Å²) in [5.41, 5.74) is 6.43. The van der Waals surface area contributed by atoms with Crippen molar-refractivity contribution in [3.05, 3.63) is 46.1 Å². The maximum atomic E-state index is 8.89. The molecule has 2 aromatic rings. The van der Waals surface area contributed by atoms with Crippen LogP contribution in [-0.2, 0) is 6.42 Å². The molecule has 0 spiro atoms. The molecule has 1 aromatic carbocycles. The molecule has 1 heterocycles. The van der Waals surface area contributed by atoms with Crippen molar-refractivity contribution in [2.24, 2.45) is 5.73 Å². The second kappa shape index (κ2) is 5.76. The van der Waals surface area contributed by atoms with Crippen LogP contribution in [0.5, 0.6) is 0 Å². The largest absolute Gasteiger partial charge is 0.461 e. The van der Waals surface area contributed by atoms with Crippen LogP contribution in [0.15, 0.2) is 34.7 Å². The van der Waals surface area contributed by atoms with E-state index in [1.54, 1.807) is 18.2 Å². The normalized spacial score (nSPS) is 12.7. The van der Waals surface area contributed by atoms with Crippen molar-refractivity contribution in [2.45, 2.75) is 12.5 Å². The highest BCUT2D eigenvalue weighted by Gasteiger charge is 2.11. The Morgan fingerprint density at radius 1 is 1.22 bits per heavy atom. The Balaban J connectivity index is 2.24. The van der Waals surface area contributed by atoms with Crippen LogP contribution in [0, 0.1) is 0 Å². The standard InChI is InChI=1S/C13H13Cl2NO2/c14-8-1-3-11(12(15)5-8)13-4-2-10(18-13)6-9(16)7-17/h1-5,9,17H,6-7,16H2. The molecule has 5 heteroatoms. The van der Waals surface area contributed by atoms with E-state index in [2.05, 4.69) is 0 Å². The summed E-state index contributed by atoms with van der Waals surface area (Å²) in [7, 11) is 0. The molecule has 0 bridgehead atoms. The summed E-state index contributed by atoms with van der Waals surface area (Å²) in [6.45, 7) is -0.0717.